The normalized spacial score (nSPS) is 10.4. The first-order chi connectivity index (χ1) is 5.75. The summed E-state index contributed by atoms with van der Waals surface area (Å²) in [6.07, 6.45) is 0. The molecular formula is C7H7N3S2. The lowest BCUT2D eigenvalue weighted by atomic mass is 10.3. The van der Waals surface area contributed by atoms with E-state index >= 15 is 0 Å². The first-order valence-corrected chi connectivity index (χ1v) is 5.10. The zero-order valence-corrected chi connectivity index (χ0v) is 8.08. The van der Waals surface area contributed by atoms with E-state index in [-0.39, 0.29) is 0 Å². The lowest BCUT2D eigenvalue weighted by molar-refractivity contribution is 1.10. The summed E-state index contributed by atoms with van der Waals surface area (Å²) in [5.41, 5.74) is 6.59. The van der Waals surface area contributed by atoms with Crippen LogP contribution >= 0.6 is 22.7 Å². The van der Waals surface area contributed by atoms with Crippen molar-refractivity contribution in [3.63, 3.8) is 0 Å². The van der Waals surface area contributed by atoms with Crippen LogP contribution in [0.1, 0.15) is 4.88 Å². The van der Waals surface area contributed by atoms with Crippen molar-refractivity contribution in [2.24, 2.45) is 0 Å². The molecule has 0 fully saturated rings. The number of nitrogens with zero attached hydrogens (tertiary/aromatic N) is 2. The second kappa shape index (κ2) is 2.84. The Bertz CT molecular complexity index is 353. The fourth-order valence-electron chi connectivity index (χ4n) is 0.907. The molecule has 2 aromatic rings. The zero-order chi connectivity index (χ0) is 8.55. The number of anilines is 1. The lowest BCUT2D eigenvalue weighted by Crippen LogP contribution is -1.79. The Morgan fingerprint density at radius 1 is 1.42 bits per heavy atom. The molecule has 3 nitrogen and oxygen atoms in total. The maximum Gasteiger partial charge on any atom is 0.203 e. The third kappa shape index (κ3) is 1.33. The van der Waals surface area contributed by atoms with Crippen molar-refractivity contribution in [1.29, 1.82) is 0 Å². The van der Waals surface area contributed by atoms with Gasteiger partial charge in [0.15, 0.2) is 0 Å². The Morgan fingerprint density at radius 2 is 2.25 bits per heavy atom. The third-order valence-electron chi connectivity index (χ3n) is 1.42. The van der Waals surface area contributed by atoms with E-state index in [1.54, 1.807) is 11.3 Å². The molecule has 2 heterocycles. The summed E-state index contributed by atoms with van der Waals surface area (Å²) in [6, 6.07) is 2.09. The van der Waals surface area contributed by atoms with Crippen molar-refractivity contribution in [2.75, 3.05) is 5.73 Å². The molecule has 0 aliphatic rings. The van der Waals surface area contributed by atoms with Crippen molar-refractivity contribution >= 4 is 27.8 Å². The van der Waals surface area contributed by atoms with Crippen LogP contribution in [0.4, 0.5) is 5.13 Å². The first kappa shape index (κ1) is 7.70. The van der Waals surface area contributed by atoms with Gasteiger partial charge in [0.2, 0.25) is 5.13 Å². The third-order valence-corrected chi connectivity index (χ3v) is 3.08. The van der Waals surface area contributed by atoms with Crippen LogP contribution in [-0.2, 0) is 0 Å². The Kier molecular flexibility index (Phi) is 1.82. The minimum atomic E-state index is 0.522. The molecule has 0 amide bonds. The van der Waals surface area contributed by atoms with E-state index in [0.717, 1.165) is 10.6 Å². The molecule has 0 aliphatic heterocycles. The van der Waals surface area contributed by atoms with Gasteiger partial charge >= 0.3 is 0 Å². The van der Waals surface area contributed by atoms with Gasteiger partial charge in [-0.3, -0.25) is 0 Å². The van der Waals surface area contributed by atoms with Crippen molar-refractivity contribution in [3.05, 3.63) is 16.3 Å². The lowest BCUT2D eigenvalue weighted by Gasteiger charge is -1.83. The Labute approximate surface area is 77.9 Å². The van der Waals surface area contributed by atoms with Gasteiger partial charge in [0, 0.05) is 15.8 Å². The largest absolute Gasteiger partial charge is 0.374 e. The minimum absolute atomic E-state index is 0.522. The van der Waals surface area contributed by atoms with Crippen LogP contribution in [0, 0.1) is 6.92 Å². The van der Waals surface area contributed by atoms with Crippen LogP contribution < -0.4 is 5.73 Å². The predicted octanol–water partition coefficient (Wildman–Crippen LogP) is 2.16. The molecule has 0 saturated carbocycles. The molecule has 0 aliphatic carbocycles. The smallest absolute Gasteiger partial charge is 0.203 e. The number of nitrogens with two attached hydrogens (primary N) is 1. The molecule has 2 rings (SSSR count). The predicted molar refractivity (Wildman–Crippen MR) is 52.4 cm³/mol. The van der Waals surface area contributed by atoms with E-state index < -0.39 is 0 Å². The SMILES string of the molecule is Cc1cc(-c2nnc(N)s2)cs1. The molecule has 2 aromatic heterocycles. The molecule has 2 N–H and O–H groups in total. The molecular weight excluding hydrogens is 190 g/mol. The van der Waals surface area contributed by atoms with Crippen LogP contribution in [0.5, 0.6) is 0 Å². The van der Waals surface area contributed by atoms with E-state index in [0.29, 0.717) is 5.13 Å². The van der Waals surface area contributed by atoms with Crippen molar-refractivity contribution in [3.8, 4) is 10.6 Å². The maximum absolute atomic E-state index is 5.47. The maximum atomic E-state index is 5.47. The first-order valence-electron chi connectivity index (χ1n) is 3.40. The summed E-state index contributed by atoms with van der Waals surface area (Å²) in [6.45, 7) is 2.07. The Hall–Kier alpha value is -0.940. The number of aryl methyl sites for hydroxylation is 1. The fraction of sp³-hybridized carbons (Fsp3) is 0.143. The van der Waals surface area contributed by atoms with Crippen LogP contribution in [0.3, 0.4) is 0 Å². The van der Waals surface area contributed by atoms with Gasteiger partial charge in [0.25, 0.3) is 0 Å². The summed E-state index contributed by atoms with van der Waals surface area (Å²) in [5, 5.41) is 11.2. The molecule has 5 heteroatoms. The number of hydrogen-bond acceptors (Lipinski definition) is 5. The zero-order valence-electron chi connectivity index (χ0n) is 6.44. The summed E-state index contributed by atoms with van der Waals surface area (Å²) >= 11 is 3.12. The van der Waals surface area contributed by atoms with E-state index in [2.05, 4.69) is 28.6 Å². The molecule has 0 radical (unpaired) electrons. The van der Waals surface area contributed by atoms with Gasteiger partial charge in [-0.05, 0) is 13.0 Å². The second-order valence-electron chi connectivity index (χ2n) is 2.39. The summed E-state index contributed by atoms with van der Waals surface area (Å²) in [7, 11) is 0. The van der Waals surface area contributed by atoms with Crippen LogP contribution in [0.2, 0.25) is 0 Å². The molecule has 0 unspecified atom stereocenters. The van der Waals surface area contributed by atoms with E-state index in [1.165, 1.54) is 16.2 Å². The average Bonchev–Trinajstić information content (AvgIpc) is 2.58. The topological polar surface area (TPSA) is 51.8 Å². The fourth-order valence-corrected chi connectivity index (χ4v) is 2.27. The number of hydrogen-bond donors (Lipinski definition) is 1. The van der Waals surface area contributed by atoms with Crippen molar-refractivity contribution < 1.29 is 0 Å². The van der Waals surface area contributed by atoms with Crippen LogP contribution in [0.15, 0.2) is 11.4 Å². The number of nitrogen functional groups attached to an aromatic ring is 1. The standard InChI is InChI=1S/C7H7N3S2/c1-4-2-5(3-11-4)6-9-10-7(8)12-6/h2-3H,1H3,(H2,8,10). The molecule has 0 bridgehead atoms. The highest BCUT2D eigenvalue weighted by molar-refractivity contribution is 7.18. The van der Waals surface area contributed by atoms with E-state index in [4.69, 9.17) is 5.73 Å². The molecule has 0 saturated heterocycles. The highest BCUT2D eigenvalue weighted by Crippen LogP contribution is 2.28. The highest BCUT2D eigenvalue weighted by atomic mass is 32.1. The van der Waals surface area contributed by atoms with Crippen molar-refractivity contribution in [1.82, 2.24) is 10.2 Å². The summed E-state index contributed by atoms with van der Waals surface area (Å²) in [5.74, 6) is 0. The van der Waals surface area contributed by atoms with Gasteiger partial charge in [-0.2, -0.15) is 0 Å². The van der Waals surface area contributed by atoms with E-state index in [1.807, 2.05) is 0 Å². The molecule has 0 aromatic carbocycles. The van der Waals surface area contributed by atoms with Gasteiger partial charge in [0.05, 0.1) is 0 Å². The molecule has 12 heavy (non-hydrogen) atoms. The average molecular weight is 197 g/mol. The Balaban J connectivity index is 2.43. The van der Waals surface area contributed by atoms with Gasteiger partial charge in [-0.15, -0.1) is 21.5 Å². The van der Waals surface area contributed by atoms with Crippen molar-refractivity contribution in [2.45, 2.75) is 6.92 Å². The van der Waals surface area contributed by atoms with Gasteiger partial charge in [0.1, 0.15) is 5.01 Å². The van der Waals surface area contributed by atoms with Crippen LogP contribution in [0.25, 0.3) is 10.6 Å². The van der Waals surface area contributed by atoms with Gasteiger partial charge in [-0.1, -0.05) is 11.3 Å². The van der Waals surface area contributed by atoms with E-state index in [9.17, 15) is 0 Å². The van der Waals surface area contributed by atoms with Gasteiger partial charge in [-0.25, -0.2) is 0 Å². The summed E-state index contributed by atoms with van der Waals surface area (Å²) < 4.78 is 0. The monoisotopic (exact) mass is 197 g/mol. The Morgan fingerprint density at radius 3 is 2.75 bits per heavy atom. The molecule has 0 spiro atoms. The quantitative estimate of drug-likeness (QED) is 0.762. The minimum Gasteiger partial charge on any atom is -0.374 e. The molecule has 62 valence electrons. The summed E-state index contributed by atoms with van der Waals surface area (Å²) in [4.78, 5) is 1.28. The second-order valence-corrected chi connectivity index (χ2v) is 4.52. The number of aromatic nitrogens is 2. The number of rotatable bonds is 1. The van der Waals surface area contributed by atoms with Gasteiger partial charge < -0.3 is 5.73 Å². The molecule has 0 atom stereocenters. The van der Waals surface area contributed by atoms with Crippen LogP contribution in [-0.4, -0.2) is 10.2 Å². The number of thiophene rings is 1. The highest BCUT2D eigenvalue weighted by Gasteiger charge is 2.05.